The van der Waals surface area contributed by atoms with Gasteiger partial charge in [-0.2, -0.15) is 9.97 Å². The van der Waals surface area contributed by atoms with Gasteiger partial charge in [-0.15, -0.1) is 9.46 Å². The zero-order chi connectivity index (χ0) is 21.4. The number of aromatic nitrogens is 4. The van der Waals surface area contributed by atoms with Crippen LogP contribution in [0, 0.1) is 10.8 Å². The van der Waals surface area contributed by atoms with Gasteiger partial charge in [0, 0.05) is 37.6 Å². The number of hydrogen-bond donors (Lipinski definition) is 6. The topological polar surface area (TPSA) is 182 Å². The van der Waals surface area contributed by atoms with Crippen LogP contribution in [-0.4, -0.2) is 42.9 Å². The summed E-state index contributed by atoms with van der Waals surface area (Å²) in [6.07, 6.45) is 11.6. The second-order valence-electron chi connectivity index (χ2n) is 6.60. The van der Waals surface area contributed by atoms with E-state index in [-0.39, 0.29) is 22.9 Å². The van der Waals surface area contributed by atoms with Crippen molar-refractivity contribution < 1.29 is 10.4 Å². The first-order chi connectivity index (χ1) is 14.3. The molecule has 12 nitrogen and oxygen atoms in total. The first kappa shape index (κ1) is 18.9. The normalized spacial score (nSPS) is 15.9. The maximum Gasteiger partial charge on any atom is 0.259 e. The predicted octanol–water partition coefficient (Wildman–Crippen LogP) is -0.102. The Morgan fingerprint density at radius 3 is 1.47 bits per heavy atom. The van der Waals surface area contributed by atoms with E-state index in [1.165, 1.54) is 12.1 Å². The van der Waals surface area contributed by atoms with Gasteiger partial charge < -0.3 is 31.7 Å². The highest BCUT2D eigenvalue weighted by Crippen LogP contribution is 2.24. The summed E-state index contributed by atoms with van der Waals surface area (Å²) in [6, 6.07) is 2.99. The van der Waals surface area contributed by atoms with E-state index in [0.717, 1.165) is 11.1 Å². The summed E-state index contributed by atoms with van der Waals surface area (Å²) in [7, 11) is 0. The largest absolute Gasteiger partial charge is 0.423 e. The lowest BCUT2D eigenvalue weighted by Crippen LogP contribution is -2.29. The fourth-order valence-electron chi connectivity index (χ4n) is 3.06. The average molecular weight is 408 g/mol. The number of nitrogens with one attached hydrogen (secondary N) is 2. The summed E-state index contributed by atoms with van der Waals surface area (Å²) in [5, 5.41) is 34.3. The Kier molecular flexibility index (Phi) is 4.50. The SMILES string of the molecule is N=c1nc(N2C=CC(C3=CCN(c4cc(N)n(O)c(=N)n4)C=C3)=CC2)cc(N)n1O. The third-order valence-electron chi connectivity index (χ3n) is 4.69. The number of nitrogens with two attached hydrogens (primary N) is 2. The minimum Gasteiger partial charge on any atom is -0.423 e. The molecule has 4 rings (SSSR count). The highest BCUT2D eigenvalue weighted by molar-refractivity contribution is 5.59. The van der Waals surface area contributed by atoms with Crippen molar-refractivity contribution in [2.24, 2.45) is 0 Å². The van der Waals surface area contributed by atoms with E-state index in [1.807, 2.05) is 46.5 Å². The number of hydrogen-bond acceptors (Lipinski definition) is 10. The molecule has 8 N–H and O–H groups in total. The van der Waals surface area contributed by atoms with Gasteiger partial charge in [0.2, 0.25) is 0 Å². The Balaban J connectivity index is 1.47. The Labute approximate surface area is 170 Å². The number of allylic oxidation sites excluding steroid dienone is 4. The van der Waals surface area contributed by atoms with E-state index in [4.69, 9.17) is 22.3 Å². The molecule has 2 aliphatic rings. The number of rotatable bonds is 3. The molecule has 0 aliphatic carbocycles. The van der Waals surface area contributed by atoms with Gasteiger partial charge in [-0.1, -0.05) is 12.2 Å². The third-order valence-corrected chi connectivity index (χ3v) is 4.69. The van der Waals surface area contributed by atoms with Crippen molar-refractivity contribution >= 4 is 23.3 Å². The Hall–Kier alpha value is -4.48. The monoisotopic (exact) mass is 408 g/mol. The quantitative estimate of drug-likeness (QED) is 0.380. The molecule has 0 aromatic carbocycles. The summed E-state index contributed by atoms with van der Waals surface area (Å²) in [6.45, 7) is 1.05. The van der Waals surface area contributed by atoms with E-state index >= 15 is 0 Å². The van der Waals surface area contributed by atoms with Gasteiger partial charge in [0.25, 0.3) is 11.2 Å². The molecular weight excluding hydrogens is 388 g/mol. The molecule has 12 heteroatoms. The van der Waals surface area contributed by atoms with Crippen LogP contribution in [0.2, 0.25) is 0 Å². The fraction of sp³-hybridized carbons (Fsp3) is 0.111. The van der Waals surface area contributed by atoms with Crippen LogP contribution in [0.1, 0.15) is 0 Å². The van der Waals surface area contributed by atoms with Crippen molar-refractivity contribution in [2.45, 2.75) is 0 Å². The molecule has 0 spiro atoms. The highest BCUT2D eigenvalue weighted by Gasteiger charge is 2.15. The standard InChI is InChI=1S/C18H20N10O2/c19-13-9-15(23-17(21)27(13)29)25-5-1-11(2-6-25)12-3-7-26(8-4-12)16-10-14(20)28(30)18(22)24-16/h1-5,7,9-10,21-22,29-30H,6,8,19-20H2. The molecule has 0 fully saturated rings. The second-order valence-corrected chi connectivity index (χ2v) is 6.60. The Bertz CT molecular complexity index is 1150. The van der Waals surface area contributed by atoms with Crippen molar-refractivity contribution in [2.75, 3.05) is 34.4 Å². The summed E-state index contributed by atoms with van der Waals surface area (Å²) < 4.78 is 1.03. The highest BCUT2D eigenvalue weighted by atomic mass is 16.5. The first-order valence-electron chi connectivity index (χ1n) is 8.90. The molecule has 154 valence electrons. The predicted molar refractivity (Wildman–Crippen MR) is 108 cm³/mol. The van der Waals surface area contributed by atoms with E-state index in [2.05, 4.69) is 9.97 Å². The second kappa shape index (κ2) is 7.16. The molecule has 30 heavy (non-hydrogen) atoms. The molecule has 2 aromatic rings. The lowest BCUT2D eigenvalue weighted by atomic mass is 10.0. The van der Waals surface area contributed by atoms with Crippen molar-refractivity contribution in [1.82, 2.24) is 19.4 Å². The lowest BCUT2D eigenvalue weighted by Gasteiger charge is -2.25. The molecular formula is C18H20N10O2. The minimum atomic E-state index is -0.344. The van der Waals surface area contributed by atoms with Crippen LogP contribution >= 0.6 is 0 Å². The van der Waals surface area contributed by atoms with Crippen LogP contribution in [0.3, 0.4) is 0 Å². The maximum atomic E-state index is 9.53. The van der Waals surface area contributed by atoms with Gasteiger partial charge >= 0.3 is 0 Å². The third kappa shape index (κ3) is 3.37. The van der Waals surface area contributed by atoms with Gasteiger partial charge in [-0.25, -0.2) is 0 Å². The molecule has 0 radical (unpaired) electrons. The Morgan fingerprint density at radius 1 is 0.767 bits per heavy atom. The summed E-state index contributed by atoms with van der Waals surface area (Å²) in [5.41, 5.74) is 12.7. The molecule has 0 saturated heterocycles. The van der Waals surface area contributed by atoms with Gasteiger partial charge in [0.05, 0.1) is 0 Å². The molecule has 4 heterocycles. The summed E-state index contributed by atoms with van der Waals surface area (Å²) >= 11 is 0. The van der Waals surface area contributed by atoms with Crippen molar-refractivity contribution in [3.8, 4) is 0 Å². The smallest absolute Gasteiger partial charge is 0.259 e. The first-order valence-corrected chi connectivity index (χ1v) is 8.90. The molecule has 0 unspecified atom stereocenters. The molecule has 2 aromatic heterocycles. The van der Waals surface area contributed by atoms with Gasteiger partial charge in [-0.05, 0) is 23.3 Å². The van der Waals surface area contributed by atoms with Crippen LogP contribution in [-0.2, 0) is 0 Å². The van der Waals surface area contributed by atoms with Gasteiger partial charge in [0.1, 0.15) is 23.3 Å². The number of nitrogen functional groups attached to an aromatic ring is 2. The maximum absolute atomic E-state index is 9.53. The molecule has 0 atom stereocenters. The summed E-state index contributed by atoms with van der Waals surface area (Å²) in [4.78, 5) is 11.7. The van der Waals surface area contributed by atoms with Crippen LogP contribution < -0.4 is 32.5 Å². The van der Waals surface area contributed by atoms with Crippen molar-refractivity contribution in [3.05, 3.63) is 71.2 Å². The molecule has 0 amide bonds. The number of anilines is 4. The van der Waals surface area contributed by atoms with Crippen LogP contribution in [0.5, 0.6) is 0 Å². The molecule has 2 aliphatic heterocycles. The molecule has 0 bridgehead atoms. The average Bonchev–Trinajstić information content (AvgIpc) is 2.75. The van der Waals surface area contributed by atoms with Crippen LogP contribution in [0.4, 0.5) is 23.3 Å². The fourth-order valence-corrected chi connectivity index (χ4v) is 3.06. The minimum absolute atomic E-state index is 0.0314. The summed E-state index contributed by atoms with van der Waals surface area (Å²) in [5.74, 6) is 0.996. The van der Waals surface area contributed by atoms with E-state index in [0.29, 0.717) is 34.2 Å². The van der Waals surface area contributed by atoms with Gasteiger partial charge in [0.15, 0.2) is 0 Å². The van der Waals surface area contributed by atoms with Gasteiger partial charge in [-0.3, -0.25) is 10.8 Å². The molecule has 0 saturated carbocycles. The van der Waals surface area contributed by atoms with E-state index in [9.17, 15) is 10.4 Å². The van der Waals surface area contributed by atoms with E-state index < -0.39 is 0 Å². The lowest BCUT2D eigenvalue weighted by molar-refractivity contribution is 0.171. The van der Waals surface area contributed by atoms with E-state index in [1.54, 1.807) is 0 Å². The zero-order valence-electron chi connectivity index (χ0n) is 15.8. The van der Waals surface area contributed by atoms with Crippen molar-refractivity contribution in [1.29, 1.82) is 10.8 Å². The zero-order valence-corrected chi connectivity index (χ0v) is 15.8. The van der Waals surface area contributed by atoms with Crippen molar-refractivity contribution in [3.63, 3.8) is 0 Å². The van der Waals surface area contributed by atoms with Crippen LogP contribution in [0.25, 0.3) is 0 Å². The number of nitrogens with zero attached hydrogens (tertiary/aromatic N) is 6. The van der Waals surface area contributed by atoms with Crippen LogP contribution in [0.15, 0.2) is 60.0 Å². The Morgan fingerprint density at radius 2 is 1.17 bits per heavy atom.